The maximum atomic E-state index is 11.1. The summed E-state index contributed by atoms with van der Waals surface area (Å²) in [7, 11) is 0. The van der Waals surface area contributed by atoms with Crippen LogP contribution in [0.25, 0.3) is 0 Å². The third-order valence-electron chi connectivity index (χ3n) is 6.10. The van der Waals surface area contributed by atoms with Crippen LogP contribution in [0, 0.1) is 0 Å². The minimum absolute atomic E-state index is 0.103. The van der Waals surface area contributed by atoms with Crippen LogP contribution in [-0.4, -0.2) is 46.2 Å². The maximum Gasteiger partial charge on any atom is 0.304 e. The van der Waals surface area contributed by atoms with Crippen molar-refractivity contribution in [1.29, 1.82) is 0 Å². The molecule has 0 radical (unpaired) electrons. The van der Waals surface area contributed by atoms with E-state index in [0.717, 1.165) is 19.4 Å². The first kappa shape index (κ1) is 25.4. The smallest absolute Gasteiger partial charge is 0.304 e. The van der Waals surface area contributed by atoms with Crippen LogP contribution < -0.4 is 5.32 Å². The lowest BCUT2D eigenvalue weighted by molar-refractivity contribution is -0.137. The summed E-state index contributed by atoms with van der Waals surface area (Å²) in [5.74, 6) is -0.680. The summed E-state index contributed by atoms with van der Waals surface area (Å²) in [5.41, 5.74) is 0.206. The molecule has 0 aromatic carbocycles. The van der Waals surface area contributed by atoms with Gasteiger partial charge in [-0.2, -0.15) is 0 Å². The van der Waals surface area contributed by atoms with Crippen molar-refractivity contribution in [1.82, 2.24) is 10.2 Å². The van der Waals surface area contributed by atoms with Gasteiger partial charge in [-0.3, -0.25) is 9.69 Å². The molecule has 0 spiro atoms. The predicted molar refractivity (Wildman–Crippen MR) is 120 cm³/mol. The minimum atomic E-state index is -0.680. The topological polar surface area (TPSA) is 52.6 Å². The maximum absolute atomic E-state index is 11.1. The van der Waals surface area contributed by atoms with E-state index in [1.54, 1.807) is 0 Å². The SMILES string of the molecule is CCCCCCCCCCCCN(CCC(=O)O)C1CC(C)(C)NC(C)(C)C1. The van der Waals surface area contributed by atoms with Crippen molar-refractivity contribution >= 4 is 5.97 Å². The summed E-state index contributed by atoms with van der Waals surface area (Å²) in [5, 5.41) is 12.9. The Hall–Kier alpha value is -0.610. The van der Waals surface area contributed by atoms with Gasteiger partial charge in [-0.25, -0.2) is 0 Å². The largest absolute Gasteiger partial charge is 0.481 e. The Bertz CT molecular complexity index is 418. The van der Waals surface area contributed by atoms with Crippen molar-refractivity contribution in [3.05, 3.63) is 0 Å². The number of piperidine rings is 1. The van der Waals surface area contributed by atoms with E-state index >= 15 is 0 Å². The molecule has 4 nitrogen and oxygen atoms in total. The summed E-state index contributed by atoms with van der Waals surface area (Å²) in [6.07, 6.45) is 15.9. The van der Waals surface area contributed by atoms with E-state index < -0.39 is 5.97 Å². The summed E-state index contributed by atoms with van der Waals surface area (Å²) < 4.78 is 0. The quantitative estimate of drug-likeness (QED) is 0.334. The highest BCUT2D eigenvalue weighted by molar-refractivity contribution is 5.66. The first-order chi connectivity index (χ1) is 13.2. The standard InChI is InChI=1S/C24H48N2O2/c1-6-7-8-9-10-11-12-13-14-15-17-26(18-16-22(27)28)21-19-23(2,3)25-24(4,5)20-21/h21,25H,6-20H2,1-5H3,(H,27,28). The third kappa shape index (κ3) is 11.4. The number of nitrogens with one attached hydrogen (secondary N) is 1. The molecule has 0 aliphatic carbocycles. The summed E-state index contributed by atoms with van der Waals surface area (Å²) in [6, 6.07) is 0.476. The molecular weight excluding hydrogens is 348 g/mol. The van der Waals surface area contributed by atoms with Crippen LogP contribution in [0.4, 0.5) is 0 Å². The molecule has 1 aliphatic rings. The van der Waals surface area contributed by atoms with Crippen LogP contribution in [0.15, 0.2) is 0 Å². The highest BCUT2D eigenvalue weighted by Gasteiger charge is 2.39. The number of hydrogen-bond acceptors (Lipinski definition) is 3. The van der Waals surface area contributed by atoms with Crippen molar-refractivity contribution in [2.75, 3.05) is 13.1 Å². The van der Waals surface area contributed by atoms with Crippen LogP contribution in [0.1, 0.15) is 118 Å². The Morgan fingerprint density at radius 3 is 1.79 bits per heavy atom. The van der Waals surface area contributed by atoms with Crippen molar-refractivity contribution in [3.63, 3.8) is 0 Å². The van der Waals surface area contributed by atoms with Gasteiger partial charge in [0.1, 0.15) is 0 Å². The molecule has 0 unspecified atom stereocenters. The monoisotopic (exact) mass is 396 g/mol. The fourth-order valence-electron chi connectivity index (χ4n) is 5.05. The third-order valence-corrected chi connectivity index (χ3v) is 6.10. The Kier molecular flexibility index (Phi) is 11.7. The van der Waals surface area contributed by atoms with Gasteiger partial charge >= 0.3 is 5.97 Å². The van der Waals surface area contributed by atoms with Gasteiger partial charge in [-0.15, -0.1) is 0 Å². The van der Waals surface area contributed by atoms with E-state index in [1.165, 1.54) is 64.2 Å². The van der Waals surface area contributed by atoms with Crippen molar-refractivity contribution < 1.29 is 9.90 Å². The number of carboxylic acids is 1. The van der Waals surface area contributed by atoms with E-state index in [2.05, 4.69) is 44.8 Å². The zero-order chi connectivity index (χ0) is 21.0. The van der Waals surface area contributed by atoms with E-state index in [4.69, 9.17) is 0 Å². The number of aliphatic carboxylic acids is 1. The minimum Gasteiger partial charge on any atom is -0.481 e. The highest BCUT2D eigenvalue weighted by atomic mass is 16.4. The Morgan fingerprint density at radius 2 is 1.32 bits per heavy atom. The Morgan fingerprint density at radius 1 is 0.857 bits per heavy atom. The molecule has 0 aromatic heterocycles. The van der Waals surface area contributed by atoms with Gasteiger partial charge in [-0.1, -0.05) is 64.7 Å². The first-order valence-electron chi connectivity index (χ1n) is 11.9. The van der Waals surface area contributed by atoms with Gasteiger partial charge < -0.3 is 10.4 Å². The predicted octanol–water partition coefficient (Wildman–Crippen LogP) is 5.99. The van der Waals surface area contributed by atoms with E-state index in [1.807, 2.05) is 0 Å². The second-order valence-corrected chi connectivity index (χ2v) is 10.3. The summed E-state index contributed by atoms with van der Waals surface area (Å²) in [4.78, 5) is 13.6. The fraction of sp³-hybridized carbons (Fsp3) is 0.958. The number of hydrogen-bond donors (Lipinski definition) is 2. The van der Waals surface area contributed by atoms with Crippen LogP contribution >= 0.6 is 0 Å². The van der Waals surface area contributed by atoms with Crippen molar-refractivity contribution in [2.24, 2.45) is 0 Å². The lowest BCUT2D eigenvalue weighted by Crippen LogP contribution is -2.62. The molecule has 166 valence electrons. The molecule has 28 heavy (non-hydrogen) atoms. The second-order valence-electron chi connectivity index (χ2n) is 10.3. The highest BCUT2D eigenvalue weighted by Crippen LogP contribution is 2.32. The molecule has 2 N–H and O–H groups in total. The zero-order valence-electron chi connectivity index (χ0n) is 19.5. The molecule has 0 amide bonds. The molecule has 0 atom stereocenters. The van der Waals surface area contributed by atoms with Crippen LogP contribution in [0.3, 0.4) is 0 Å². The van der Waals surface area contributed by atoms with Crippen molar-refractivity contribution in [2.45, 2.75) is 135 Å². The molecule has 1 aliphatic heterocycles. The molecule has 1 saturated heterocycles. The Balaban J connectivity index is 2.36. The van der Waals surface area contributed by atoms with Crippen LogP contribution in [0.2, 0.25) is 0 Å². The number of carboxylic acid groups (broad SMARTS) is 1. The molecule has 4 heteroatoms. The van der Waals surface area contributed by atoms with E-state index in [9.17, 15) is 9.90 Å². The number of rotatable bonds is 15. The Labute approximate surface area is 174 Å². The van der Waals surface area contributed by atoms with Gasteiger partial charge in [0, 0.05) is 23.7 Å². The van der Waals surface area contributed by atoms with Gasteiger partial charge in [0.05, 0.1) is 6.42 Å². The second kappa shape index (κ2) is 12.8. The van der Waals surface area contributed by atoms with Crippen LogP contribution in [0.5, 0.6) is 0 Å². The molecule has 0 saturated carbocycles. The molecular formula is C24H48N2O2. The number of carbonyl (C=O) groups is 1. The van der Waals surface area contributed by atoms with E-state index in [-0.39, 0.29) is 17.5 Å². The first-order valence-corrected chi connectivity index (χ1v) is 11.9. The fourth-order valence-corrected chi connectivity index (χ4v) is 5.05. The molecule has 0 aromatic rings. The lowest BCUT2D eigenvalue weighted by Gasteiger charge is -2.49. The average molecular weight is 397 g/mol. The van der Waals surface area contributed by atoms with Crippen molar-refractivity contribution in [3.8, 4) is 0 Å². The zero-order valence-corrected chi connectivity index (χ0v) is 19.5. The molecule has 1 heterocycles. The molecule has 1 rings (SSSR count). The van der Waals surface area contributed by atoms with E-state index in [0.29, 0.717) is 12.6 Å². The van der Waals surface area contributed by atoms with Gasteiger partial charge in [0.15, 0.2) is 0 Å². The van der Waals surface area contributed by atoms with Gasteiger partial charge in [-0.05, 0) is 53.5 Å². The van der Waals surface area contributed by atoms with Gasteiger partial charge in [0.2, 0.25) is 0 Å². The summed E-state index contributed by atoms with van der Waals surface area (Å²) in [6.45, 7) is 13.1. The summed E-state index contributed by atoms with van der Waals surface area (Å²) >= 11 is 0. The average Bonchev–Trinajstić information content (AvgIpc) is 2.56. The lowest BCUT2D eigenvalue weighted by atomic mass is 9.79. The van der Waals surface area contributed by atoms with Gasteiger partial charge in [0.25, 0.3) is 0 Å². The number of nitrogens with zero attached hydrogens (tertiary/aromatic N) is 1. The van der Waals surface area contributed by atoms with Crippen LogP contribution in [-0.2, 0) is 4.79 Å². The normalized spacial score (nSPS) is 19.2. The molecule has 0 bridgehead atoms. The number of unbranched alkanes of at least 4 members (excludes halogenated alkanes) is 9. The molecule has 1 fully saturated rings.